The summed E-state index contributed by atoms with van der Waals surface area (Å²) in [6, 6.07) is 0. The number of aliphatic imine (C=N–C) groups is 1. The molecule has 0 amide bonds. The van der Waals surface area contributed by atoms with Crippen molar-refractivity contribution in [3.63, 3.8) is 0 Å². The lowest BCUT2D eigenvalue weighted by Gasteiger charge is -2.17. The molecule has 0 aliphatic heterocycles. The second kappa shape index (κ2) is 5.05. The van der Waals surface area contributed by atoms with Gasteiger partial charge in [0.25, 0.3) is 0 Å². The fraction of sp³-hybridized carbons (Fsp3) is 0.833. The third-order valence-corrected chi connectivity index (χ3v) is 1.27. The predicted molar refractivity (Wildman–Crippen MR) is 43.6 cm³/mol. The molecule has 0 aromatic carbocycles. The van der Waals surface area contributed by atoms with Crippen LogP contribution in [0.4, 0.5) is 0 Å². The summed E-state index contributed by atoms with van der Waals surface area (Å²) < 4.78 is 0. The lowest BCUT2D eigenvalue weighted by molar-refractivity contribution is 0.509. The van der Waals surface area contributed by atoms with Crippen molar-refractivity contribution >= 4 is 5.96 Å². The third-order valence-electron chi connectivity index (χ3n) is 1.27. The molecule has 0 aliphatic rings. The highest BCUT2D eigenvalue weighted by atomic mass is 15.4. The van der Waals surface area contributed by atoms with Crippen LogP contribution in [0.5, 0.6) is 0 Å². The van der Waals surface area contributed by atoms with Gasteiger partial charge < -0.3 is 4.90 Å². The van der Waals surface area contributed by atoms with Crippen molar-refractivity contribution in [2.75, 3.05) is 20.1 Å². The largest absolute Gasteiger partial charge is 0.345 e. The van der Waals surface area contributed by atoms with Gasteiger partial charge in [0.1, 0.15) is 0 Å². The second-order valence-corrected chi connectivity index (χ2v) is 1.96. The van der Waals surface area contributed by atoms with Crippen LogP contribution in [-0.4, -0.2) is 31.0 Å². The molecule has 4 heteroatoms. The minimum atomic E-state index is 0.741. The quantitative estimate of drug-likeness (QED) is 0.244. The number of rotatable bonds is 2. The molecule has 0 aliphatic carbocycles. The number of nitrogens with zero attached hydrogens (tertiary/aromatic N) is 2. The van der Waals surface area contributed by atoms with Gasteiger partial charge in [-0.2, -0.15) is 0 Å². The molecule has 0 saturated carbocycles. The maximum Gasteiger partial charge on any atom is 0.208 e. The Balaban J connectivity index is 3.92. The monoisotopic (exact) mass is 144 g/mol. The fourth-order valence-corrected chi connectivity index (χ4v) is 0.576. The molecule has 0 spiro atoms. The smallest absolute Gasteiger partial charge is 0.208 e. The fourth-order valence-electron chi connectivity index (χ4n) is 0.576. The van der Waals surface area contributed by atoms with E-state index in [1.165, 1.54) is 0 Å². The summed E-state index contributed by atoms with van der Waals surface area (Å²) in [5.74, 6) is 5.95. The molecular formula is C6H16N4. The van der Waals surface area contributed by atoms with Gasteiger partial charge in [-0.25, -0.2) is 5.84 Å². The van der Waals surface area contributed by atoms with Crippen LogP contribution in [0.3, 0.4) is 0 Å². The van der Waals surface area contributed by atoms with Crippen LogP contribution in [0.2, 0.25) is 0 Å². The molecule has 0 unspecified atom stereocenters. The second-order valence-electron chi connectivity index (χ2n) is 1.96. The van der Waals surface area contributed by atoms with E-state index in [-0.39, 0.29) is 0 Å². The summed E-state index contributed by atoms with van der Waals surface area (Å²) in [5.41, 5.74) is 2.53. The Morgan fingerprint density at radius 2 is 2.20 bits per heavy atom. The molecule has 0 rings (SSSR count). The van der Waals surface area contributed by atoms with Crippen molar-refractivity contribution in [2.24, 2.45) is 10.8 Å². The van der Waals surface area contributed by atoms with Crippen LogP contribution in [0.15, 0.2) is 4.99 Å². The average molecular weight is 144 g/mol. The van der Waals surface area contributed by atoms with Gasteiger partial charge >= 0.3 is 0 Å². The molecule has 0 heterocycles. The maximum absolute atomic E-state index is 5.21. The predicted octanol–water partition coefficient (Wildman–Crippen LogP) is -0.223. The van der Waals surface area contributed by atoms with E-state index in [2.05, 4.69) is 10.4 Å². The van der Waals surface area contributed by atoms with Crippen LogP contribution in [0, 0.1) is 0 Å². The van der Waals surface area contributed by atoms with E-state index >= 15 is 0 Å². The molecule has 0 aromatic heterocycles. The maximum atomic E-state index is 5.21. The molecule has 0 atom stereocenters. The highest BCUT2D eigenvalue weighted by molar-refractivity contribution is 5.78. The zero-order valence-corrected chi connectivity index (χ0v) is 6.89. The first-order valence-electron chi connectivity index (χ1n) is 3.48. The number of hydrogen-bond acceptors (Lipinski definition) is 2. The Bertz CT molecular complexity index is 110. The van der Waals surface area contributed by atoms with Crippen molar-refractivity contribution < 1.29 is 0 Å². The van der Waals surface area contributed by atoms with Gasteiger partial charge in [-0.15, -0.1) is 0 Å². The number of hydrogen-bond donors (Lipinski definition) is 2. The first-order valence-corrected chi connectivity index (χ1v) is 3.48. The van der Waals surface area contributed by atoms with E-state index in [0.717, 1.165) is 19.0 Å². The Morgan fingerprint density at radius 1 is 1.60 bits per heavy atom. The van der Waals surface area contributed by atoms with Gasteiger partial charge in [0, 0.05) is 20.1 Å². The van der Waals surface area contributed by atoms with Crippen molar-refractivity contribution in [1.29, 1.82) is 0 Å². The highest BCUT2D eigenvalue weighted by Crippen LogP contribution is 1.82. The molecule has 60 valence electrons. The standard InChI is InChI=1S/C6H16N4/c1-4-8-6(9-7)10(3)5-2/h4-5,7H2,1-3H3,(H,8,9). The van der Waals surface area contributed by atoms with Crippen molar-refractivity contribution in [3.8, 4) is 0 Å². The zero-order chi connectivity index (χ0) is 7.98. The molecule has 0 fully saturated rings. The summed E-state index contributed by atoms with van der Waals surface area (Å²) in [6.45, 7) is 5.68. The summed E-state index contributed by atoms with van der Waals surface area (Å²) in [7, 11) is 1.94. The Hall–Kier alpha value is -0.770. The molecule has 10 heavy (non-hydrogen) atoms. The van der Waals surface area contributed by atoms with Gasteiger partial charge in [-0.1, -0.05) is 0 Å². The van der Waals surface area contributed by atoms with Crippen molar-refractivity contribution in [3.05, 3.63) is 0 Å². The molecule has 0 bridgehead atoms. The van der Waals surface area contributed by atoms with Gasteiger partial charge in [-0.3, -0.25) is 10.4 Å². The van der Waals surface area contributed by atoms with E-state index in [9.17, 15) is 0 Å². The number of nitrogens with one attached hydrogen (secondary N) is 1. The number of guanidine groups is 1. The van der Waals surface area contributed by atoms with Crippen LogP contribution in [0.1, 0.15) is 13.8 Å². The topological polar surface area (TPSA) is 53.6 Å². The number of hydrazine groups is 1. The molecule has 0 radical (unpaired) electrons. The van der Waals surface area contributed by atoms with E-state index in [1.54, 1.807) is 0 Å². The number of nitrogens with two attached hydrogens (primary N) is 1. The van der Waals surface area contributed by atoms with Crippen LogP contribution >= 0.6 is 0 Å². The minimum absolute atomic E-state index is 0.741. The van der Waals surface area contributed by atoms with Gasteiger partial charge in [-0.05, 0) is 13.8 Å². The summed E-state index contributed by atoms with van der Waals surface area (Å²) in [4.78, 5) is 6.07. The summed E-state index contributed by atoms with van der Waals surface area (Å²) >= 11 is 0. The molecule has 4 nitrogen and oxygen atoms in total. The molecular weight excluding hydrogens is 128 g/mol. The van der Waals surface area contributed by atoms with Crippen LogP contribution in [0.25, 0.3) is 0 Å². The van der Waals surface area contributed by atoms with Gasteiger partial charge in [0.15, 0.2) is 0 Å². The van der Waals surface area contributed by atoms with E-state index in [0.29, 0.717) is 0 Å². The van der Waals surface area contributed by atoms with Crippen LogP contribution in [-0.2, 0) is 0 Å². The SMILES string of the molecule is CCN=C(NN)N(C)CC. The average Bonchev–Trinajstić information content (AvgIpc) is 1.99. The van der Waals surface area contributed by atoms with Crippen molar-refractivity contribution in [1.82, 2.24) is 10.3 Å². The van der Waals surface area contributed by atoms with E-state index in [4.69, 9.17) is 5.84 Å². The first kappa shape index (κ1) is 9.23. The lowest BCUT2D eigenvalue weighted by Crippen LogP contribution is -2.42. The Labute approximate surface area is 62.1 Å². The minimum Gasteiger partial charge on any atom is -0.345 e. The highest BCUT2D eigenvalue weighted by Gasteiger charge is 1.98. The lowest BCUT2D eigenvalue weighted by atomic mass is 10.6. The van der Waals surface area contributed by atoms with E-state index in [1.807, 2.05) is 25.8 Å². The molecule has 3 N–H and O–H groups in total. The molecule has 0 saturated heterocycles. The Morgan fingerprint density at radius 3 is 2.50 bits per heavy atom. The zero-order valence-electron chi connectivity index (χ0n) is 6.89. The van der Waals surface area contributed by atoms with Gasteiger partial charge in [0.2, 0.25) is 5.96 Å². The van der Waals surface area contributed by atoms with Crippen LogP contribution < -0.4 is 11.3 Å². The normalized spacial score (nSPS) is 11.4. The first-order chi connectivity index (χ1) is 4.76. The Kier molecular flexibility index (Phi) is 4.66. The van der Waals surface area contributed by atoms with Crippen molar-refractivity contribution in [2.45, 2.75) is 13.8 Å². The van der Waals surface area contributed by atoms with Gasteiger partial charge in [0.05, 0.1) is 0 Å². The molecule has 0 aromatic rings. The summed E-state index contributed by atoms with van der Waals surface area (Å²) in [6.07, 6.45) is 0. The third kappa shape index (κ3) is 2.68. The summed E-state index contributed by atoms with van der Waals surface area (Å²) in [5, 5.41) is 0. The van der Waals surface area contributed by atoms with E-state index < -0.39 is 0 Å².